The molecule has 6 fully saturated rings. The van der Waals surface area contributed by atoms with Crippen LogP contribution in [0.2, 0.25) is 11.6 Å². The number of hydrogen-bond acceptors (Lipinski definition) is 22. The number of urea groups is 1. The van der Waals surface area contributed by atoms with E-state index in [9.17, 15) is 62.9 Å². The lowest BCUT2D eigenvalue weighted by atomic mass is 9.43. The molecule has 8 N–H and O–H groups in total. The summed E-state index contributed by atoms with van der Waals surface area (Å²) >= 11 is 5.10. The van der Waals surface area contributed by atoms with Gasteiger partial charge >= 0.3 is 67.3 Å². The Morgan fingerprint density at radius 3 is 2.03 bits per heavy atom. The standard InChI is InChI=1S/C40H50BN3O8.C24H26BN5O8.C7H9ClN2O3/c1-38(2,3)50-36(46)29-15-11-14-25(35(29)48-7)18-28(41-51-32-20-27-19-31(39(27,4)5)40(32,6)52-41)21-30(45)34(42)26-16-17-33(43-22-26)44-37(47)49-23-24-12-9-8-10-13-24;1-2-29-8-9-30(22(33)21(29)32)24(36)28-19(14-6-7-18(26)27-12-14)17(31)11-15-10-13-4-3-5-16(23(34)35)20(13)38-25(15)37;1-2-9-3-4-10(7(8)13)6(12)5(9)11/h8-17,22,27-28,31-32,34H,18-21,23,42H2,1-7H3,(H,43,44,47);3-7,12,15,19,37H,2,8-11H2,1H3,(H2,26,27)(H,28,36)(H,34,35);2-4H2,1H3/t27-,28-,31+,32?,34?,40+;15-,19?;/m11./s1. The van der Waals surface area contributed by atoms with Crippen LogP contribution in [0.1, 0.15) is 142 Å². The fourth-order valence-electron chi connectivity index (χ4n) is 13.9. The number of ether oxygens (including phenoxy) is 3. The van der Waals surface area contributed by atoms with Crippen LogP contribution in [0.3, 0.4) is 0 Å². The van der Waals surface area contributed by atoms with Crippen LogP contribution in [0.4, 0.5) is 26.0 Å². The second-order valence-electron chi connectivity index (χ2n) is 27.7. The number of carbonyl (C=O) groups excluding carboxylic acids is 10. The summed E-state index contributed by atoms with van der Waals surface area (Å²) in [5.41, 5.74) is 14.3. The number of carbonyl (C=O) groups is 11. The van der Waals surface area contributed by atoms with Crippen molar-refractivity contribution in [2.45, 2.75) is 142 Å². The van der Waals surface area contributed by atoms with Gasteiger partial charge in [-0.3, -0.25) is 48.7 Å². The Balaban J connectivity index is 0.000000210. The van der Waals surface area contributed by atoms with Crippen molar-refractivity contribution >= 4 is 102 Å². The predicted molar refractivity (Wildman–Crippen MR) is 375 cm³/mol. The largest absolute Gasteiger partial charge is 0.535 e. The highest BCUT2D eigenvalue weighted by atomic mass is 35.5. The summed E-state index contributed by atoms with van der Waals surface area (Å²) in [6, 6.07) is 22.2. The lowest BCUT2D eigenvalue weighted by molar-refractivity contribution is -0.199. The number of aromatic carboxylic acids is 1. The number of nitrogens with two attached hydrogens (primary N) is 2. The van der Waals surface area contributed by atoms with Gasteiger partial charge in [-0.05, 0) is 143 Å². The van der Waals surface area contributed by atoms with Crippen molar-refractivity contribution in [3.8, 4) is 11.5 Å². The van der Waals surface area contributed by atoms with Crippen LogP contribution in [-0.4, -0.2) is 182 Å². The number of imide groups is 2. The number of fused-ring (bicyclic) bond motifs is 1. The zero-order valence-corrected chi connectivity index (χ0v) is 59.5. The van der Waals surface area contributed by atoms with Crippen molar-refractivity contribution in [3.05, 3.63) is 142 Å². The van der Waals surface area contributed by atoms with Crippen molar-refractivity contribution in [1.29, 1.82) is 0 Å². The van der Waals surface area contributed by atoms with E-state index in [1.165, 1.54) is 47.5 Å². The van der Waals surface area contributed by atoms with Gasteiger partial charge in [0.1, 0.15) is 46.9 Å². The van der Waals surface area contributed by atoms with Gasteiger partial charge in [0.2, 0.25) is 0 Å². The van der Waals surface area contributed by atoms with Crippen molar-refractivity contribution in [2.75, 3.05) is 57.4 Å². The van der Waals surface area contributed by atoms with Gasteiger partial charge in [0.25, 0.3) is 0 Å². The topological polar surface area (TPSA) is 398 Å². The number of carboxylic acids is 1. The van der Waals surface area contributed by atoms with Crippen molar-refractivity contribution in [2.24, 2.45) is 23.0 Å². The van der Waals surface area contributed by atoms with Gasteiger partial charge in [0, 0.05) is 81.7 Å². The molecule has 8 amide bonds. The molecule has 8 atom stereocenters. The molecule has 32 heteroatoms. The van der Waals surface area contributed by atoms with Gasteiger partial charge in [-0.2, -0.15) is 0 Å². The van der Waals surface area contributed by atoms with E-state index in [1.807, 2.05) is 57.2 Å². The number of carboxylic acid groups (broad SMARTS) is 1. The molecule has 7 aliphatic rings. The number of aromatic nitrogens is 2. The average molecular weight is 1440 g/mol. The number of methoxy groups -OCH3 is 1. The highest BCUT2D eigenvalue weighted by Gasteiger charge is 2.68. The van der Waals surface area contributed by atoms with Crippen molar-refractivity contribution in [1.82, 2.24) is 34.9 Å². The Morgan fingerprint density at radius 1 is 0.786 bits per heavy atom. The number of esters is 1. The molecule has 3 unspecified atom stereocenters. The normalized spacial score (nSPS) is 21.1. The van der Waals surface area contributed by atoms with Gasteiger partial charge in [-0.1, -0.05) is 80.6 Å². The lowest BCUT2D eigenvalue weighted by Gasteiger charge is -2.64. The summed E-state index contributed by atoms with van der Waals surface area (Å²) < 4.78 is 35.8. The predicted octanol–water partition coefficient (Wildman–Crippen LogP) is 7.38. The van der Waals surface area contributed by atoms with Gasteiger partial charge in [0.15, 0.2) is 11.6 Å². The number of para-hydroxylation sites is 2. The number of piperazine rings is 2. The summed E-state index contributed by atoms with van der Waals surface area (Å²) in [7, 11) is -0.637. The Bertz CT molecular complexity index is 4040. The molecule has 6 heterocycles. The second kappa shape index (κ2) is 32.7. The smallest absolute Gasteiger partial charge is 0.526 e. The molecule has 12 rings (SSSR count). The average Bonchev–Trinajstić information content (AvgIpc) is 1.63. The van der Waals surface area contributed by atoms with Crippen molar-refractivity contribution < 1.29 is 91.0 Å². The molecule has 546 valence electrons. The van der Waals surface area contributed by atoms with E-state index in [0.717, 1.165) is 33.8 Å². The molecule has 5 aromatic rings. The summed E-state index contributed by atoms with van der Waals surface area (Å²) in [5, 5.41) is 24.2. The number of nitrogens with one attached hydrogen (secondary N) is 2. The third-order valence-electron chi connectivity index (χ3n) is 19.6. The van der Waals surface area contributed by atoms with Crippen LogP contribution in [0.25, 0.3) is 0 Å². The monoisotopic (exact) mass is 1440 g/mol. The number of anilines is 2. The van der Waals surface area contributed by atoms with Crippen LogP contribution in [0.5, 0.6) is 11.5 Å². The number of ketones is 2. The first-order valence-electron chi connectivity index (χ1n) is 33.9. The second-order valence-corrected chi connectivity index (χ2v) is 28.0. The lowest BCUT2D eigenvalue weighted by Crippen LogP contribution is -2.65. The number of pyridine rings is 2. The Hall–Kier alpha value is -9.81. The number of Topliss-reactive ketones (excluding diaryl/α,β-unsaturated/α-hetero) is 2. The third-order valence-corrected chi connectivity index (χ3v) is 19.8. The summed E-state index contributed by atoms with van der Waals surface area (Å²) in [6.07, 6.45) is 4.31. The van der Waals surface area contributed by atoms with Gasteiger partial charge in [0.05, 0.1) is 30.4 Å². The summed E-state index contributed by atoms with van der Waals surface area (Å²) in [6.45, 7) is 17.3. The fourth-order valence-corrected chi connectivity index (χ4v) is 14.0. The summed E-state index contributed by atoms with van der Waals surface area (Å²) in [4.78, 5) is 148. The molecule has 29 nitrogen and oxygen atoms in total. The molecule has 3 aliphatic carbocycles. The third kappa shape index (κ3) is 17.8. The first-order chi connectivity index (χ1) is 48.8. The molecule has 3 saturated carbocycles. The number of hydrogen-bond donors (Lipinski definition) is 6. The minimum absolute atomic E-state index is 0.0387. The van der Waals surface area contributed by atoms with Gasteiger partial charge in [-0.15, -0.1) is 0 Å². The van der Waals surface area contributed by atoms with Crippen LogP contribution in [-0.2, 0) is 67.0 Å². The maximum Gasteiger partial charge on any atom is 0.526 e. The van der Waals surface area contributed by atoms with E-state index < -0.39 is 108 Å². The number of rotatable bonds is 20. The number of amides is 8. The molecular formula is C71H85B2ClN10O19. The van der Waals surface area contributed by atoms with Crippen LogP contribution >= 0.6 is 11.6 Å². The minimum Gasteiger partial charge on any atom is -0.535 e. The minimum atomic E-state index is -1.48. The molecule has 4 aliphatic heterocycles. The Morgan fingerprint density at radius 2 is 1.43 bits per heavy atom. The first kappa shape index (κ1) is 77.4. The van der Waals surface area contributed by atoms with E-state index in [0.29, 0.717) is 60.3 Å². The zero-order chi connectivity index (χ0) is 75.0. The molecule has 0 radical (unpaired) electrons. The molecule has 103 heavy (non-hydrogen) atoms. The Labute approximate surface area is 601 Å². The fraction of sp³-hybridized carbons (Fsp3) is 0.451. The van der Waals surface area contributed by atoms with E-state index in [-0.39, 0.29) is 91.3 Å². The molecular weight excluding hydrogens is 1350 g/mol. The molecule has 3 aromatic carbocycles. The molecule has 2 aromatic heterocycles. The molecule has 0 spiro atoms. The van der Waals surface area contributed by atoms with Crippen LogP contribution in [0.15, 0.2) is 103 Å². The number of benzene rings is 3. The molecule has 3 saturated heterocycles. The maximum atomic E-state index is 14.0. The van der Waals surface area contributed by atoms with Gasteiger partial charge in [-0.25, -0.2) is 29.1 Å². The SMILES string of the molecule is CCN1CCN(C(=O)Cl)C(=O)C1=O.CCN1CCN(C(=O)NC(C(=O)C[C@H]2Cc3cccc(C(=O)O)c3OB2O)c2ccc(N)nc2)C(=O)C1=O.COc1c(C[C@H](CC(=O)C(N)c2ccc(NC(=O)OCc3ccccc3)nc2)B2OC3C[C@H]4C[C@@H](C4(C)C)[C@]3(C)O2)cccc1C(=O)OC(C)(C)C. The summed E-state index contributed by atoms with van der Waals surface area (Å²) in [5.74, 6) is -5.20. The number of nitrogens with zero attached hydrogens (tertiary/aromatic N) is 6. The molecule has 2 bridgehead atoms. The van der Waals surface area contributed by atoms with E-state index in [1.54, 1.807) is 50.2 Å². The highest BCUT2D eigenvalue weighted by molar-refractivity contribution is 6.65. The van der Waals surface area contributed by atoms with E-state index in [2.05, 4.69) is 41.4 Å². The van der Waals surface area contributed by atoms with E-state index >= 15 is 0 Å². The first-order valence-corrected chi connectivity index (χ1v) is 34.2. The van der Waals surface area contributed by atoms with Crippen LogP contribution in [0, 0.1) is 17.3 Å². The quantitative estimate of drug-likeness (QED) is 0.0145. The number of likely N-dealkylation sites (N-methyl/N-ethyl adjacent to an activating group) is 2. The zero-order valence-electron chi connectivity index (χ0n) is 58.8. The Kier molecular flexibility index (Phi) is 24.5. The van der Waals surface area contributed by atoms with Crippen molar-refractivity contribution in [3.63, 3.8) is 0 Å². The van der Waals surface area contributed by atoms with Crippen LogP contribution < -0.4 is 31.5 Å². The maximum absolute atomic E-state index is 14.0. The van der Waals surface area contributed by atoms with E-state index in [4.69, 9.17) is 51.2 Å². The van der Waals surface area contributed by atoms with Gasteiger partial charge < -0.3 is 64.9 Å². The highest BCUT2D eigenvalue weighted by Crippen LogP contribution is 2.66. The number of halogens is 1. The number of nitrogen functional groups attached to an aromatic ring is 1.